The number of carbonyl (C=O) groups is 2. The SMILES string of the molecule is NCC(=O)c1ccc(CN(Cc2ccccc2)C(=O)N2CCOCC2)cc1. The van der Waals surface area contributed by atoms with Crippen molar-refractivity contribution in [3.05, 3.63) is 71.3 Å². The van der Waals surface area contributed by atoms with E-state index in [1.54, 1.807) is 12.1 Å². The van der Waals surface area contributed by atoms with Gasteiger partial charge in [-0.3, -0.25) is 4.79 Å². The van der Waals surface area contributed by atoms with Crippen LogP contribution in [0.1, 0.15) is 21.5 Å². The number of benzene rings is 2. The molecular weight excluding hydrogens is 342 g/mol. The molecule has 0 spiro atoms. The Morgan fingerprint density at radius 3 is 2.11 bits per heavy atom. The molecule has 0 bridgehead atoms. The predicted octanol–water partition coefficient (Wildman–Crippen LogP) is 2.28. The summed E-state index contributed by atoms with van der Waals surface area (Å²) < 4.78 is 5.36. The van der Waals surface area contributed by atoms with E-state index in [9.17, 15) is 9.59 Å². The van der Waals surface area contributed by atoms with E-state index in [0.29, 0.717) is 45.0 Å². The highest BCUT2D eigenvalue weighted by Gasteiger charge is 2.23. The van der Waals surface area contributed by atoms with Crippen LogP contribution in [0.15, 0.2) is 54.6 Å². The Morgan fingerprint density at radius 1 is 0.926 bits per heavy atom. The molecule has 1 fully saturated rings. The van der Waals surface area contributed by atoms with Gasteiger partial charge < -0.3 is 20.3 Å². The zero-order valence-electron chi connectivity index (χ0n) is 15.3. The lowest BCUT2D eigenvalue weighted by atomic mass is 10.1. The Hall–Kier alpha value is -2.70. The van der Waals surface area contributed by atoms with Gasteiger partial charge in [0.05, 0.1) is 19.8 Å². The number of Topliss-reactive ketones (excluding diaryl/α,β-unsaturated/α-hetero) is 1. The highest BCUT2D eigenvalue weighted by molar-refractivity contribution is 5.97. The van der Waals surface area contributed by atoms with Gasteiger partial charge in [0, 0.05) is 31.7 Å². The topological polar surface area (TPSA) is 75.9 Å². The number of amides is 2. The van der Waals surface area contributed by atoms with Crippen LogP contribution in [-0.2, 0) is 17.8 Å². The molecule has 1 saturated heterocycles. The van der Waals surface area contributed by atoms with Gasteiger partial charge in [0.25, 0.3) is 0 Å². The highest BCUT2D eigenvalue weighted by atomic mass is 16.5. The summed E-state index contributed by atoms with van der Waals surface area (Å²) in [4.78, 5) is 28.4. The molecule has 0 saturated carbocycles. The molecule has 0 atom stereocenters. The van der Waals surface area contributed by atoms with Crippen LogP contribution in [0.25, 0.3) is 0 Å². The smallest absolute Gasteiger partial charge is 0.320 e. The van der Waals surface area contributed by atoms with Crippen LogP contribution in [0.3, 0.4) is 0 Å². The number of ketones is 1. The van der Waals surface area contributed by atoms with Gasteiger partial charge in [0.1, 0.15) is 0 Å². The average molecular weight is 367 g/mol. The molecule has 2 amide bonds. The van der Waals surface area contributed by atoms with Crippen molar-refractivity contribution < 1.29 is 14.3 Å². The van der Waals surface area contributed by atoms with Crippen molar-refractivity contribution in [1.82, 2.24) is 9.80 Å². The third-order valence-corrected chi connectivity index (χ3v) is 4.60. The quantitative estimate of drug-likeness (QED) is 0.795. The molecule has 1 heterocycles. The lowest BCUT2D eigenvalue weighted by molar-refractivity contribution is 0.0419. The van der Waals surface area contributed by atoms with Crippen molar-refractivity contribution in [2.45, 2.75) is 13.1 Å². The van der Waals surface area contributed by atoms with Gasteiger partial charge in [-0.15, -0.1) is 0 Å². The lowest BCUT2D eigenvalue weighted by Crippen LogP contribution is -2.47. The third-order valence-electron chi connectivity index (χ3n) is 4.60. The zero-order chi connectivity index (χ0) is 19.1. The number of urea groups is 1. The summed E-state index contributed by atoms with van der Waals surface area (Å²) in [5.74, 6) is -0.0907. The Labute approximate surface area is 159 Å². The fraction of sp³-hybridized carbons (Fsp3) is 0.333. The van der Waals surface area contributed by atoms with Gasteiger partial charge in [0.2, 0.25) is 0 Å². The maximum absolute atomic E-state index is 13.1. The molecule has 6 nitrogen and oxygen atoms in total. The van der Waals surface area contributed by atoms with Gasteiger partial charge in [-0.1, -0.05) is 54.6 Å². The van der Waals surface area contributed by atoms with Crippen LogP contribution >= 0.6 is 0 Å². The maximum atomic E-state index is 13.1. The molecule has 0 unspecified atom stereocenters. The number of rotatable bonds is 6. The van der Waals surface area contributed by atoms with E-state index in [0.717, 1.165) is 11.1 Å². The second-order valence-corrected chi connectivity index (χ2v) is 6.55. The molecule has 0 radical (unpaired) electrons. The highest BCUT2D eigenvalue weighted by Crippen LogP contribution is 2.15. The van der Waals surface area contributed by atoms with Crippen LogP contribution in [-0.4, -0.2) is 54.5 Å². The minimum Gasteiger partial charge on any atom is -0.378 e. The summed E-state index contributed by atoms with van der Waals surface area (Å²) in [6.07, 6.45) is 0. The van der Waals surface area contributed by atoms with Crippen LogP contribution in [0.2, 0.25) is 0 Å². The molecule has 2 aromatic rings. The first-order valence-corrected chi connectivity index (χ1v) is 9.15. The summed E-state index contributed by atoms with van der Waals surface area (Å²) in [6.45, 7) is 3.35. The molecule has 2 aromatic carbocycles. The Morgan fingerprint density at radius 2 is 1.52 bits per heavy atom. The Balaban J connectivity index is 1.76. The largest absolute Gasteiger partial charge is 0.378 e. The molecule has 0 aromatic heterocycles. The second-order valence-electron chi connectivity index (χ2n) is 6.55. The van der Waals surface area contributed by atoms with Crippen molar-refractivity contribution in [3.8, 4) is 0 Å². The minimum atomic E-state index is -0.0907. The first kappa shape index (κ1) is 19.1. The summed E-state index contributed by atoms with van der Waals surface area (Å²) >= 11 is 0. The monoisotopic (exact) mass is 367 g/mol. The normalized spacial score (nSPS) is 14.0. The van der Waals surface area contributed by atoms with E-state index in [4.69, 9.17) is 10.5 Å². The number of hydrogen-bond donors (Lipinski definition) is 1. The first-order chi connectivity index (χ1) is 13.2. The molecule has 6 heteroatoms. The number of hydrogen-bond acceptors (Lipinski definition) is 4. The maximum Gasteiger partial charge on any atom is 0.320 e. The number of carbonyl (C=O) groups excluding carboxylic acids is 2. The summed E-state index contributed by atoms with van der Waals surface area (Å²) in [5.41, 5.74) is 8.06. The van der Waals surface area contributed by atoms with Gasteiger partial charge in [-0.05, 0) is 11.1 Å². The number of morpholine rings is 1. The van der Waals surface area contributed by atoms with Crippen molar-refractivity contribution in [3.63, 3.8) is 0 Å². The van der Waals surface area contributed by atoms with Crippen molar-refractivity contribution in [2.24, 2.45) is 5.73 Å². The second kappa shape index (κ2) is 9.30. The molecule has 1 aliphatic rings. The third kappa shape index (κ3) is 5.15. The predicted molar refractivity (Wildman–Crippen MR) is 103 cm³/mol. The van der Waals surface area contributed by atoms with E-state index >= 15 is 0 Å². The van der Waals surface area contributed by atoms with E-state index in [-0.39, 0.29) is 18.4 Å². The molecule has 3 rings (SSSR count). The summed E-state index contributed by atoms with van der Waals surface area (Å²) in [6, 6.07) is 17.2. The van der Waals surface area contributed by atoms with Crippen LogP contribution < -0.4 is 5.73 Å². The van der Waals surface area contributed by atoms with E-state index < -0.39 is 0 Å². The molecule has 27 heavy (non-hydrogen) atoms. The summed E-state index contributed by atoms with van der Waals surface area (Å²) in [5, 5.41) is 0. The fourth-order valence-corrected chi connectivity index (χ4v) is 3.08. The van der Waals surface area contributed by atoms with Crippen molar-refractivity contribution >= 4 is 11.8 Å². The van der Waals surface area contributed by atoms with Crippen molar-refractivity contribution in [2.75, 3.05) is 32.8 Å². The van der Waals surface area contributed by atoms with Crippen LogP contribution in [0.4, 0.5) is 4.79 Å². The zero-order valence-corrected chi connectivity index (χ0v) is 15.3. The van der Waals surface area contributed by atoms with Crippen molar-refractivity contribution in [1.29, 1.82) is 0 Å². The fourth-order valence-electron chi connectivity index (χ4n) is 3.08. The Bertz CT molecular complexity index is 756. The minimum absolute atomic E-state index is 0.00395. The standard InChI is InChI=1S/C21H25N3O3/c22-14-20(25)19-8-6-18(7-9-19)16-24(15-17-4-2-1-3-5-17)21(26)23-10-12-27-13-11-23/h1-9H,10-16,22H2. The Kier molecular flexibility index (Phi) is 6.57. The molecule has 1 aliphatic heterocycles. The van der Waals surface area contributed by atoms with Gasteiger partial charge in [0.15, 0.2) is 5.78 Å². The number of nitrogens with two attached hydrogens (primary N) is 1. The van der Waals surface area contributed by atoms with Crippen LogP contribution in [0.5, 0.6) is 0 Å². The molecule has 2 N–H and O–H groups in total. The van der Waals surface area contributed by atoms with E-state index in [1.165, 1.54) is 0 Å². The average Bonchev–Trinajstić information content (AvgIpc) is 2.74. The van der Waals surface area contributed by atoms with Crippen LogP contribution in [0, 0.1) is 0 Å². The number of nitrogens with zero attached hydrogens (tertiary/aromatic N) is 2. The molecular formula is C21H25N3O3. The molecule has 0 aliphatic carbocycles. The van der Waals surface area contributed by atoms with E-state index in [2.05, 4.69) is 0 Å². The lowest BCUT2D eigenvalue weighted by Gasteiger charge is -2.33. The van der Waals surface area contributed by atoms with Gasteiger partial charge in [-0.25, -0.2) is 4.79 Å². The molecule has 142 valence electrons. The number of ether oxygens (including phenoxy) is 1. The first-order valence-electron chi connectivity index (χ1n) is 9.15. The van der Waals surface area contributed by atoms with E-state index in [1.807, 2.05) is 52.3 Å². The summed E-state index contributed by atoms with van der Waals surface area (Å²) in [7, 11) is 0. The van der Waals surface area contributed by atoms with Gasteiger partial charge in [-0.2, -0.15) is 0 Å². The van der Waals surface area contributed by atoms with Gasteiger partial charge >= 0.3 is 6.03 Å².